The van der Waals surface area contributed by atoms with Crippen molar-refractivity contribution in [2.45, 2.75) is 33.1 Å². The maximum absolute atomic E-state index is 9.47. The summed E-state index contributed by atoms with van der Waals surface area (Å²) in [7, 11) is 0. The topological polar surface area (TPSA) is 56.3 Å². The molecule has 4 nitrogen and oxygen atoms in total. The molecule has 1 aliphatic rings. The lowest BCUT2D eigenvalue weighted by atomic mass is 9.82. The zero-order chi connectivity index (χ0) is 21.2. The fourth-order valence-electron chi connectivity index (χ4n) is 3.82. The van der Waals surface area contributed by atoms with Crippen molar-refractivity contribution in [2.24, 2.45) is 11.8 Å². The van der Waals surface area contributed by atoms with Crippen LogP contribution in [-0.2, 0) is 0 Å². The minimum absolute atomic E-state index is 0.0140. The van der Waals surface area contributed by atoms with E-state index in [9.17, 15) is 10.5 Å². The van der Waals surface area contributed by atoms with Crippen molar-refractivity contribution >= 4 is 12.2 Å². The van der Waals surface area contributed by atoms with Crippen molar-refractivity contribution in [1.29, 1.82) is 10.5 Å². The first-order valence-electron chi connectivity index (χ1n) is 9.51. The first-order valence-corrected chi connectivity index (χ1v) is 9.51. The summed E-state index contributed by atoms with van der Waals surface area (Å²) in [5.41, 5.74) is 3.19. The standard InChI is InChI=1S/C25H22N4/c1-5-7-19-10-12-20(13-11-19)14-15-21-8-6-9-22(21)25(24(17-27)29-4)18(2)23(16-26)28-3/h5,7,10-15,21-22H,6,8-9H2,1-2H3/b7-5?,15-14?,23-18-,25-24-. The van der Waals surface area contributed by atoms with Crippen LogP contribution in [-0.4, -0.2) is 0 Å². The lowest BCUT2D eigenvalue weighted by Crippen LogP contribution is -2.12. The summed E-state index contributed by atoms with van der Waals surface area (Å²) in [6.45, 7) is 18.3. The Hall–Kier alpha value is -3.86. The van der Waals surface area contributed by atoms with E-state index in [2.05, 4.69) is 46.1 Å². The molecule has 1 aromatic rings. The van der Waals surface area contributed by atoms with E-state index in [0.29, 0.717) is 11.1 Å². The van der Waals surface area contributed by atoms with Crippen molar-refractivity contribution < 1.29 is 0 Å². The van der Waals surface area contributed by atoms with E-state index in [1.165, 1.54) is 0 Å². The molecule has 142 valence electrons. The van der Waals surface area contributed by atoms with Crippen molar-refractivity contribution in [3.63, 3.8) is 0 Å². The maximum Gasteiger partial charge on any atom is 0.264 e. The molecule has 2 unspecified atom stereocenters. The minimum atomic E-state index is -0.0504. The fourth-order valence-corrected chi connectivity index (χ4v) is 3.82. The Kier molecular flexibility index (Phi) is 7.74. The van der Waals surface area contributed by atoms with Gasteiger partial charge in [0.2, 0.25) is 0 Å². The van der Waals surface area contributed by atoms with Crippen LogP contribution in [0.25, 0.3) is 21.8 Å². The van der Waals surface area contributed by atoms with E-state index in [4.69, 9.17) is 13.1 Å². The van der Waals surface area contributed by atoms with Gasteiger partial charge < -0.3 is 0 Å². The monoisotopic (exact) mass is 378 g/mol. The third-order valence-electron chi connectivity index (χ3n) is 5.22. The van der Waals surface area contributed by atoms with Gasteiger partial charge in [-0.15, -0.1) is 0 Å². The van der Waals surface area contributed by atoms with Crippen LogP contribution < -0.4 is 0 Å². The Labute approximate surface area is 173 Å². The quantitative estimate of drug-likeness (QED) is 0.331. The van der Waals surface area contributed by atoms with Crippen LogP contribution >= 0.6 is 0 Å². The van der Waals surface area contributed by atoms with Gasteiger partial charge in [-0.1, -0.05) is 55.0 Å². The van der Waals surface area contributed by atoms with E-state index >= 15 is 0 Å². The molecule has 1 fully saturated rings. The Morgan fingerprint density at radius 1 is 1.00 bits per heavy atom. The molecule has 0 saturated heterocycles. The number of allylic oxidation sites excluding steroid dienone is 6. The molecule has 1 aliphatic carbocycles. The van der Waals surface area contributed by atoms with Gasteiger partial charge in [0.1, 0.15) is 0 Å². The van der Waals surface area contributed by atoms with Crippen LogP contribution in [0.15, 0.2) is 59.0 Å². The van der Waals surface area contributed by atoms with Crippen molar-refractivity contribution in [3.05, 3.63) is 92.9 Å². The van der Waals surface area contributed by atoms with Gasteiger partial charge in [-0.3, -0.25) is 0 Å². The summed E-state index contributed by atoms with van der Waals surface area (Å²) >= 11 is 0. The lowest BCUT2D eigenvalue weighted by Gasteiger charge is -2.22. The molecule has 4 heteroatoms. The van der Waals surface area contributed by atoms with E-state index in [0.717, 1.165) is 30.4 Å². The first-order chi connectivity index (χ1) is 14.1. The van der Waals surface area contributed by atoms with E-state index < -0.39 is 0 Å². The van der Waals surface area contributed by atoms with Gasteiger partial charge in [-0.2, -0.15) is 0 Å². The van der Waals surface area contributed by atoms with E-state index in [1.54, 1.807) is 6.92 Å². The second-order valence-electron chi connectivity index (χ2n) is 6.91. The predicted molar refractivity (Wildman–Crippen MR) is 115 cm³/mol. The summed E-state index contributed by atoms with van der Waals surface area (Å²) < 4.78 is 0. The number of hydrogen-bond donors (Lipinski definition) is 0. The van der Waals surface area contributed by atoms with Gasteiger partial charge in [-0.25, -0.2) is 20.2 Å². The average molecular weight is 378 g/mol. The van der Waals surface area contributed by atoms with E-state index in [1.807, 2.05) is 31.2 Å². The van der Waals surface area contributed by atoms with Gasteiger partial charge in [0.25, 0.3) is 11.4 Å². The number of hydrogen-bond acceptors (Lipinski definition) is 2. The zero-order valence-corrected chi connectivity index (χ0v) is 16.7. The molecule has 0 spiro atoms. The van der Waals surface area contributed by atoms with Crippen molar-refractivity contribution in [1.82, 2.24) is 0 Å². The van der Waals surface area contributed by atoms with Crippen LogP contribution in [0.3, 0.4) is 0 Å². The molecule has 0 aliphatic heterocycles. The van der Waals surface area contributed by atoms with Gasteiger partial charge in [0.05, 0.1) is 25.3 Å². The fraction of sp³-hybridized carbons (Fsp3) is 0.280. The molecule has 2 atom stereocenters. The van der Waals surface area contributed by atoms with Crippen LogP contribution in [0.1, 0.15) is 44.2 Å². The molecule has 1 saturated carbocycles. The van der Waals surface area contributed by atoms with Crippen LogP contribution in [0.5, 0.6) is 0 Å². The van der Waals surface area contributed by atoms with Crippen LogP contribution in [0.4, 0.5) is 0 Å². The molecule has 0 aromatic heterocycles. The summed E-state index contributed by atoms with van der Waals surface area (Å²) in [5.74, 6) is 0.119. The minimum Gasteiger partial charge on any atom is -0.226 e. The summed E-state index contributed by atoms with van der Waals surface area (Å²) in [4.78, 5) is 6.69. The highest BCUT2D eigenvalue weighted by molar-refractivity contribution is 5.57. The smallest absolute Gasteiger partial charge is 0.226 e. The molecule has 0 heterocycles. The highest BCUT2D eigenvalue weighted by Crippen LogP contribution is 2.42. The molecular weight excluding hydrogens is 356 g/mol. The van der Waals surface area contributed by atoms with Crippen molar-refractivity contribution in [3.8, 4) is 12.1 Å². The molecule has 0 bridgehead atoms. The van der Waals surface area contributed by atoms with Gasteiger partial charge in [0, 0.05) is 0 Å². The molecular formula is C25H22N4. The highest BCUT2D eigenvalue weighted by Gasteiger charge is 2.32. The third kappa shape index (κ3) is 5.11. The molecule has 1 aromatic carbocycles. The summed E-state index contributed by atoms with van der Waals surface area (Å²) in [6.07, 6.45) is 11.0. The van der Waals surface area contributed by atoms with Crippen LogP contribution in [0.2, 0.25) is 0 Å². The van der Waals surface area contributed by atoms with E-state index in [-0.39, 0.29) is 23.2 Å². The normalized spacial score (nSPS) is 20.3. The highest BCUT2D eigenvalue weighted by atomic mass is 14.7. The summed E-state index contributed by atoms with van der Waals surface area (Å²) in [5, 5.41) is 18.7. The molecule has 0 amide bonds. The van der Waals surface area contributed by atoms with Crippen molar-refractivity contribution in [2.75, 3.05) is 0 Å². The summed E-state index contributed by atoms with van der Waals surface area (Å²) in [6, 6.07) is 12.1. The number of nitriles is 2. The largest absolute Gasteiger partial charge is 0.264 e. The molecule has 0 radical (unpaired) electrons. The number of rotatable bonds is 5. The Bertz CT molecular complexity index is 1010. The van der Waals surface area contributed by atoms with Gasteiger partial charge in [-0.05, 0) is 60.8 Å². The molecule has 0 N–H and O–H groups in total. The Morgan fingerprint density at radius 3 is 2.10 bits per heavy atom. The van der Waals surface area contributed by atoms with Gasteiger partial charge in [0.15, 0.2) is 0 Å². The molecule has 29 heavy (non-hydrogen) atoms. The maximum atomic E-state index is 9.47. The zero-order valence-electron chi connectivity index (χ0n) is 16.7. The SMILES string of the molecule is [C-]#[N+]/C(C#N)=C(C)\C(=C(/C#N)[N+]#[C-])C1CCCC1C=Cc1ccc(C=CC)cc1. The lowest BCUT2D eigenvalue weighted by molar-refractivity contribution is 0.533. The van der Waals surface area contributed by atoms with Gasteiger partial charge >= 0.3 is 0 Å². The Balaban J connectivity index is 2.41. The Morgan fingerprint density at radius 2 is 1.59 bits per heavy atom. The second kappa shape index (κ2) is 10.5. The second-order valence-corrected chi connectivity index (χ2v) is 6.91. The average Bonchev–Trinajstić information content (AvgIpc) is 3.20. The van der Waals surface area contributed by atoms with Crippen LogP contribution in [0, 0.1) is 47.6 Å². The third-order valence-corrected chi connectivity index (χ3v) is 5.22. The number of nitrogens with zero attached hydrogens (tertiary/aromatic N) is 4. The number of benzene rings is 1. The first kappa shape index (κ1) is 21.4. The predicted octanol–water partition coefficient (Wildman–Crippen LogP) is 6.56. The molecule has 2 rings (SSSR count).